The SMILES string of the molecule is [C-]#[N+]c1c(N2CCOCC2)sc(C(=O)O)c1-c1cccc(OC)c1. The Morgan fingerprint density at radius 2 is 2.17 bits per heavy atom. The highest BCUT2D eigenvalue weighted by molar-refractivity contribution is 7.19. The highest BCUT2D eigenvalue weighted by atomic mass is 32.1. The predicted molar refractivity (Wildman–Crippen MR) is 92.6 cm³/mol. The number of carboxylic acid groups (broad SMARTS) is 1. The largest absolute Gasteiger partial charge is 0.497 e. The van der Waals surface area contributed by atoms with Crippen LogP contribution in [-0.2, 0) is 4.74 Å². The van der Waals surface area contributed by atoms with Gasteiger partial charge in [0.2, 0.25) is 5.69 Å². The van der Waals surface area contributed by atoms with Gasteiger partial charge in [-0.05, 0) is 17.7 Å². The van der Waals surface area contributed by atoms with Crippen molar-refractivity contribution in [2.45, 2.75) is 0 Å². The van der Waals surface area contributed by atoms with E-state index in [1.165, 1.54) is 0 Å². The molecule has 24 heavy (non-hydrogen) atoms. The zero-order valence-corrected chi connectivity index (χ0v) is 13.9. The summed E-state index contributed by atoms with van der Waals surface area (Å²) in [5.74, 6) is -0.402. The molecule has 2 aromatic rings. The van der Waals surface area contributed by atoms with Crippen LogP contribution in [0.2, 0.25) is 0 Å². The van der Waals surface area contributed by atoms with E-state index in [1.807, 2.05) is 4.90 Å². The van der Waals surface area contributed by atoms with Crippen LogP contribution in [0, 0.1) is 6.57 Å². The Morgan fingerprint density at radius 1 is 1.42 bits per heavy atom. The van der Waals surface area contributed by atoms with E-state index >= 15 is 0 Å². The van der Waals surface area contributed by atoms with Gasteiger partial charge in [0, 0.05) is 18.7 Å². The van der Waals surface area contributed by atoms with Gasteiger partial charge in [-0.25, -0.2) is 9.64 Å². The molecule has 0 atom stereocenters. The van der Waals surface area contributed by atoms with Crippen LogP contribution < -0.4 is 9.64 Å². The van der Waals surface area contributed by atoms with Gasteiger partial charge in [-0.3, -0.25) is 0 Å². The number of benzene rings is 1. The van der Waals surface area contributed by atoms with Gasteiger partial charge in [-0.1, -0.05) is 12.1 Å². The third kappa shape index (κ3) is 2.94. The molecule has 7 heteroatoms. The zero-order valence-electron chi connectivity index (χ0n) is 13.1. The summed E-state index contributed by atoms with van der Waals surface area (Å²) in [6.45, 7) is 10.1. The van der Waals surface area contributed by atoms with Crippen LogP contribution in [0.5, 0.6) is 5.75 Å². The Hall–Kier alpha value is -2.56. The zero-order chi connectivity index (χ0) is 17.1. The third-order valence-electron chi connectivity index (χ3n) is 3.83. The number of hydrogen-bond acceptors (Lipinski definition) is 5. The first-order chi connectivity index (χ1) is 11.7. The van der Waals surface area contributed by atoms with E-state index in [1.54, 1.807) is 31.4 Å². The summed E-state index contributed by atoms with van der Waals surface area (Å²) in [6, 6.07) is 7.14. The third-order valence-corrected chi connectivity index (χ3v) is 5.06. The van der Waals surface area contributed by atoms with E-state index in [0.29, 0.717) is 53.9 Å². The van der Waals surface area contributed by atoms with Crippen LogP contribution in [-0.4, -0.2) is 44.5 Å². The molecule has 0 aliphatic carbocycles. The Morgan fingerprint density at radius 3 is 2.79 bits per heavy atom. The number of carboxylic acids is 1. The summed E-state index contributed by atoms with van der Waals surface area (Å²) >= 11 is 1.15. The summed E-state index contributed by atoms with van der Waals surface area (Å²) < 4.78 is 10.6. The van der Waals surface area contributed by atoms with Gasteiger partial charge >= 0.3 is 5.97 Å². The van der Waals surface area contributed by atoms with E-state index in [4.69, 9.17) is 16.0 Å². The molecule has 3 rings (SSSR count). The first kappa shape index (κ1) is 16.3. The van der Waals surface area contributed by atoms with Crippen LogP contribution in [0.4, 0.5) is 10.7 Å². The van der Waals surface area contributed by atoms with Crippen LogP contribution >= 0.6 is 11.3 Å². The van der Waals surface area contributed by atoms with Crippen LogP contribution in [0.15, 0.2) is 24.3 Å². The molecule has 1 saturated heterocycles. The first-order valence-corrected chi connectivity index (χ1v) is 8.22. The van der Waals surface area contributed by atoms with Crippen molar-refractivity contribution in [3.8, 4) is 16.9 Å². The Labute approximate surface area is 143 Å². The summed E-state index contributed by atoms with van der Waals surface area (Å²) in [6.07, 6.45) is 0. The highest BCUT2D eigenvalue weighted by Gasteiger charge is 2.27. The maximum absolute atomic E-state index is 11.7. The van der Waals surface area contributed by atoms with Gasteiger partial charge < -0.3 is 19.5 Å². The number of methoxy groups -OCH3 is 1. The standard InChI is InChI=1S/C17H16N2O4S/c1-18-14-13(11-4-3-5-12(10-11)22-2)15(17(20)21)24-16(14)19-6-8-23-9-7-19/h3-5,10H,6-9H2,2H3,(H,20,21). The fraction of sp³-hybridized carbons (Fsp3) is 0.294. The summed E-state index contributed by atoms with van der Waals surface area (Å²) in [4.78, 5) is 17.6. The van der Waals surface area contributed by atoms with Gasteiger partial charge in [-0.2, -0.15) is 0 Å². The number of hydrogen-bond donors (Lipinski definition) is 1. The molecule has 0 unspecified atom stereocenters. The van der Waals surface area contributed by atoms with Gasteiger partial charge in [-0.15, -0.1) is 11.3 Å². The van der Waals surface area contributed by atoms with E-state index in [2.05, 4.69) is 4.85 Å². The molecule has 6 nitrogen and oxygen atoms in total. The number of aromatic carboxylic acids is 1. The second-order valence-electron chi connectivity index (χ2n) is 5.21. The van der Waals surface area contributed by atoms with Crippen LogP contribution in [0.3, 0.4) is 0 Å². The monoisotopic (exact) mass is 344 g/mol. The quantitative estimate of drug-likeness (QED) is 0.860. The molecule has 0 spiro atoms. The number of carbonyl (C=O) groups is 1. The van der Waals surface area contributed by atoms with Crippen molar-refractivity contribution in [1.82, 2.24) is 0 Å². The topological polar surface area (TPSA) is 63.4 Å². The van der Waals surface area contributed by atoms with Crippen molar-refractivity contribution in [2.75, 3.05) is 38.3 Å². The number of rotatable bonds is 4. The Bertz CT molecular complexity index is 803. The van der Waals surface area contributed by atoms with E-state index < -0.39 is 5.97 Å². The second kappa shape index (κ2) is 6.91. The van der Waals surface area contributed by atoms with Crippen molar-refractivity contribution in [3.63, 3.8) is 0 Å². The summed E-state index contributed by atoms with van der Waals surface area (Å²) in [7, 11) is 1.56. The smallest absolute Gasteiger partial charge is 0.345 e. The second-order valence-corrected chi connectivity index (χ2v) is 6.21. The average molecular weight is 344 g/mol. The van der Waals surface area contributed by atoms with E-state index in [-0.39, 0.29) is 4.88 Å². The fourth-order valence-corrected chi connectivity index (χ4v) is 3.85. The van der Waals surface area contributed by atoms with Crippen molar-refractivity contribution in [3.05, 3.63) is 40.6 Å². The molecule has 1 aromatic heterocycles. The highest BCUT2D eigenvalue weighted by Crippen LogP contribution is 2.48. The minimum atomic E-state index is -1.03. The molecular weight excluding hydrogens is 328 g/mol. The lowest BCUT2D eigenvalue weighted by Crippen LogP contribution is -2.35. The maximum Gasteiger partial charge on any atom is 0.345 e. The van der Waals surface area contributed by atoms with Gasteiger partial charge in [0.25, 0.3) is 0 Å². The summed E-state index contributed by atoms with van der Waals surface area (Å²) in [5, 5.41) is 10.3. The summed E-state index contributed by atoms with van der Waals surface area (Å²) in [5.41, 5.74) is 1.52. The lowest BCUT2D eigenvalue weighted by atomic mass is 10.0. The lowest BCUT2D eigenvalue weighted by Gasteiger charge is -2.28. The molecule has 1 N–H and O–H groups in total. The predicted octanol–water partition coefficient (Wildman–Crippen LogP) is 3.51. The van der Waals surface area contributed by atoms with Crippen molar-refractivity contribution < 1.29 is 19.4 Å². The van der Waals surface area contributed by atoms with E-state index in [9.17, 15) is 9.90 Å². The number of nitrogens with zero attached hydrogens (tertiary/aromatic N) is 2. The molecule has 1 aromatic carbocycles. The first-order valence-electron chi connectivity index (χ1n) is 7.40. The van der Waals surface area contributed by atoms with Crippen molar-refractivity contribution in [2.24, 2.45) is 0 Å². The Balaban J connectivity index is 2.17. The van der Waals surface area contributed by atoms with E-state index in [0.717, 1.165) is 11.3 Å². The molecule has 1 aliphatic heterocycles. The number of anilines is 1. The molecule has 0 bridgehead atoms. The number of morpholine rings is 1. The molecule has 0 radical (unpaired) electrons. The van der Waals surface area contributed by atoms with Gasteiger partial charge in [0.15, 0.2) is 0 Å². The molecule has 1 fully saturated rings. The molecule has 0 amide bonds. The minimum absolute atomic E-state index is 0.177. The average Bonchev–Trinajstić information content (AvgIpc) is 3.02. The molecule has 2 heterocycles. The Kier molecular flexibility index (Phi) is 4.69. The van der Waals surface area contributed by atoms with Crippen molar-refractivity contribution >= 4 is 28.0 Å². The number of ether oxygens (including phenoxy) is 2. The molecule has 1 aliphatic rings. The lowest BCUT2D eigenvalue weighted by molar-refractivity contribution is 0.0703. The van der Waals surface area contributed by atoms with Crippen LogP contribution in [0.25, 0.3) is 16.0 Å². The van der Waals surface area contributed by atoms with Gasteiger partial charge in [0.05, 0.1) is 31.9 Å². The van der Waals surface area contributed by atoms with Crippen molar-refractivity contribution in [1.29, 1.82) is 0 Å². The molecular formula is C17H16N2O4S. The minimum Gasteiger partial charge on any atom is -0.497 e. The fourth-order valence-electron chi connectivity index (χ4n) is 2.69. The number of thiophene rings is 1. The normalized spacial score (nSPS) is 14.2. The molecule has 0 saturated carbocycles. The van der Waals surface area contributed by atoms with Gasteiger partial charge in [0.1, 0.15) is 10.6 Å². The maximum atomic E-state index is 11.7. The molecule has 124 valence electrons. The van der Waals surface area contributed by atoms with Crippen LogP contribution in [0.1, 0.15) is 9.67 Å².